The first-order chi connectivity index (χ1) is 13.5. The molecule has 0 radical (unpaired) electrons. The van der Waals surface area contributed by atoms with E-state index in [1.54, 1.807) is 7.11 Å². The maximum Gasteiger partial charge on any atom is 0.407 e. The van der Waals surface area contributed by atoms with Gasteiger partial charge in [-0.2, -0.15) is 0 Å². The van der Waals surface area contributed by atoms with Crippen molar-refractivity contribution in [1.82, 2.24) is 5.32 Å². The van der Waals surface area contributed by atoms with Crippen molar-refractivity contribution < 1.29 is 14.3 Å². The SMILES string of the molecule is COc1cc2c(cc1Br)CC([C@@H](CC(C)C)NC(=O)OCc1ccccc1)=N2. The summed E-state index contributed by atoms with van der Waals surface area (Å²) >= 11 is 3.52. The molecule has 0 aliphatic carbocycles. The molecule has 148 valence electrons. The molecule has 0 fully saturated rings. The van der Waals surface area contributed by atoms with Gasteiger partial charge in [-0.1, -0.05) is 44.2 Å². The molecule has 1 aliphatic rings. The number of halogens is 1. The zero-order valence-electron chi connectivity index (χ0n) is 16.4. The van der Waals surface area contributed by atoms with Gasteiger partial charge in [0, 0.05) is 18.2 Å². The zero-order valence-corrected chi connectivity index (χ0v) is 18.0. The number of benzene rings is 2. The summed E-state index contributed by atoms with van der Waals surface area (Å²) in [4.78, 5) is 17.1. The highest BCUT2D eigenvalue weighted by atomic mass is 79.9. The first kappa shape index (κ1) is 20.4. The molecule has 0 aromatic heterocycles. The number of fused-ring (bicyclic) bond motifs is 1. The van der Waals surface area contributed by atoms with Crippen LogP contribution in [0.1, 0.15) is 31.4 Å². The molecule has 1 aliphatic heterocycles. The highest BCUT2D eigenvalue weighted by Crippen LogP contribution is 2.37. The molecule has 0 saturated carbocycles. The van der Waals surface area contributed by atoms with Crippen LogP contribution in [0.25, 0.3) is 0 Å². The van der Waals surface area contributed by atoms with Crippen LogP contribution in [0.4, 0.5) is 10.5 Å². The smallest absolute Gasteiger partial charge is 0.407 e. The van der Waals surface area contributed by atoms with Gasteiger partial charge in [-0.15, -0.1) is 0 Å². The van der Waals surface area contributed by atoms with Crippen molar-refractivity contribution >= 4 is 33.4 Å². The maximum absolute atomic E-state index is 12.4. The lowest BCUT2D eigenvalue weighted by Crippen LogP contribution is -2.42. The summed E-state index contributed by atoms with van der Waals surface area (Å²) in [5.74, 6) is 1.16. The lowest BCUT2D eigenvalue weighted by atomic mass is 9.97. The summed E-state index contributed by atoms with van der Waals surface area (Å²) in [6.45, 7) is 4.51. The summed E-state index contributed by atoms with van der Waals surface area (Å²) in [5.41, 5.74) is 3.92. The fourth-order valence-corrected chi connectivity index (χ4v) is 3.79. The first-order valence-electron chi connectivity index (χ1n) is 9.37. The van der Waals surface area contributed by atoms with Crippen molar-refractivity contribution in [2.24, 2.45) is 10.9 Å². The minimum atomic E-state index is -0.424. The third-order valence-corrected chi connectivity index (χ3v) is 5.22. The molecule has 2 aromatic carbocycles. The van der Waals surface area contributed by atoms with Gasteiger partial charge in [-0.25, -0.2) is 4.79 Å². The Morgan fingerprint density at radius 3 is 2.68 bits per heavy atom. The van der Waals surface area contributed by atoms with Crippen molar-refractivity contribution in [3.8, 4) is 5.75 Å². The van der Waals surface area contributed by atoms with Crippen molar-refractivity contribution in [1.29, 1.82) is 0 Å². The van der Waals surface area contributed by atoms with Gasteiger partial charge in [0.2, 0.25) is 0 Å². The fourth-order valence-electron chi connectivity index (χ4n) is 3.23. The Hall–Kier alpha value is -2.34. The lowest BCUT2D eigenvalue weighted by Gasteiger charge is -2.20. The molecule has 1 N–H and O–H groups in total. The van der Waals surface area contributed by atoms with Crippen LogP contribution < -0.4 is 10.1 Å². The number of carbonyl (C=O) groups excluding carboxylic acids is 1. The molecular formula is C22H25BrN2O3. The normalized spacial score (nSPS) is 13.7. The molecule has 3 rings (SSSR count). The van der Waals surface area contributed by atoms with E-state index in [-0.39, 0.29) is 12.6 Å². The second-order valence-electron chi connectivity index (χ2n) is 7.28. The van der Waals surface area contributed by atoms with Gasteiger partial charge in [0.15, 0.2) is 0 Å². The molecule has 28 heavy (non-hydrogen) atoms. The first-order valence-corrected chi connectivity index (χ1v) is 10.2. The molecule has 0 unspecified atom stereocenters. The number of hydrogen-bond donors (Lipinski definition) is 1. The summed E-state index contributed by atoms with van der Waals surface area (Å²) in [7, 11) is 1.64. The van der Waals surface area contributed by atoms with Crippen molar-refractivity contribution in [2.75, 3.05) is 7.11 Å². The number of aliphatic imine (C=N–C) groups is 1. The van der Waals surface area contributed by atoms with E-state index in [2.05, 4.69) is 35.1 Å². The van der Waals surface area contributed by atoms with Crippen LogP contribution in [-0.2, 0) is 17.8 Å². The number of nitrogens with one attached hydrogen (secondary N) is 1. The molecule has 1 heterocycles. The fraction of sp³-hybridized carbons (Fsp3) is 0.364. The molecule has 0 bridgehead atoms. The Bertz CT molecular complexity index is 866. The van der Waals surface area contributed by atoms with Crippen LogP contribution in [0.3, 0.4) is 0 Å². The lowest BCUT2D eigenvalue weighted by molar-refractivity contribution is 0.137. The highest BCUT2D eigenvalue weighted by Gasteiger charge is 2.26. The monoisotopic (exact) mass is 444 g/mol. The molecule has 0 spiro atoms. The molecular weight excluding hydrogens is 420 g/mol. The number of rotatable bonds is 7. The molecule has 1 amide bonds. The van der Waals surface area contributed by atoms with E-state index in [0.29, 0.717) is 12.3 Å². The molecule has 6 heteroatoms. The van der Waals surface area contributed by atoms with Gasteiger partial charge in [-0.3, -0.25) is 4.99 Å². The summed E-state index contributed by atoms with van der Waals surface area (Å²) in [6, 6.07) is 13.4. The third kappa shape index (κ3) is 5.13. The van der Waals surface area contributed by atoms with Crippen LogP contribution in [-0.4, -0.2) is 25.0 Å². The number of amides is 1. The topological polar surface area (TPSA) is 59.9 Å². The van der Waals surface area contributed by atoms with Gasteiger partial charge in [-0.05, 0) is 45.5 Å². The van der Waals surface area contributed by atoms with E-state index >= 15 is 0 Å². The van der Waals surface area contributed by atoms with E-state index in [0.717, 1.165) is 39.2 Å². The van der Waals surface area contributed by atoms with Crippen LogP contribution in [0.2, 0.25) is 0 Å². The average Bonchev–Trinajstić information content (AvgIpc) is 3.08. The van der Waals surface area contributed by atoms with E-state index in [9.17, 15) is 4.79 Å². The Morgan fingerprint density at radius 1 is 1.25 bits per heavy atom. The highest BCUT2D eigenvalue weighted by molar-refractivity contribution is 9.10. The molecule has 1 atom stereocenters. The summed E-state index contributed by atoms with van der Waals surface area (Å²) in [6.07, 6.45) is 1.08. The predicted molar refractivity (Wildman–Crippen MR) is 114 cm³/mol. The van der Waals surface area contributed by atoms with Crippen molar-refractivity contribution in [3.05, 3.63) is 58.1 Å². The summed E-state index contributed by atoms with van der Waals surface area (Å²) < 4.78 is 11.7. The quantitative estimate of drug-likeness (QED) is 0.619. The molecule has 5 nitrogen and oxygen atoms in total. The predicted octanol–water partition coefficient (Wildman–Crippen LogP) is 5.43. The minimum Gasteiger partial charge on any atom is -0.495 e. The third-order valence-electron chi connectivity index (χ3n) is 4.60. The number of carbonyl (C=O) groups is 1. The van der Waals surface area contributed by atoms with E-state index in [4.69, 9.17) is 14.5 Å². The van der Waals surface area contributed by atoms with E-state index in [1.807, 2.05) is 42.5 Å². The maximum atomic E-state index is 12.4. The van der Waals surface area contributed by atoms with Gasteiger partial charge < -0.3 is 14.8 Å². The number of ether oxygens (including phenoxy) is 2. The molecule has 0 saturated heterocycles. The Labute approximate surface area is 174 Å². The number of methoxy groups -OCH3 is 1. The Kier molecular flexibility index (Phi) is 6.73. The van der Waals surface area contributed by atoms with Crippen molar-refractivity contribution in [2.45, 2.75) is 39.3 Å². The van der Waals surface area contributed by atoms with Gasteiger partial charge in [0.25, 0.3) is 0 Å². The Morgan fingerprint density at radius 2 is 2.00 bits per heavy atom. The summed E-state index contributed by atoms with van der Waals surface area (Å²) in [5, 5.41) is 3.00. The number of nitrogens with zero attached hydrogens (tertiary/aromatic N) is 1. The zero-order chi connectivity index (χ0) is 20.1. The Balaban J connectivity index is 1.69. The second-order valence-corrected chi connectivity index (χ2v) is 8.14. The standard InChI is InChI=1S/C22H25BrN2O3/c1-14(2)9-19(25-22(26)28-13-15-7-5-4-6-8-15)20-11-16-10-17(23)21(27-3)12-18(16)24-20/h4-8,10,12,14,19H,9,11,13H2,1-3H3,(H,25,26)/t19-/m1/s1. The number of hydrogen-bond acceptors (Lipinski definition) is 4. The molecule has 2 aromatic rings. The van der Waals surface area contributed by atoms with Crippen LogP contribution in [0, 0.1) is 5.92 Å². The van der Waals surface area contributed by atoms with Crippen LogP contribution in [0.5, 0.6) is 5.75 Å². The van der Waals surface area contributed by atoms with Gasteiger partial charge in [0.1, 0.15) is 12.4 Å². The number of alkyl carbamates (subject to hydrolysis) is 1. The van der Waals surface area contributed by atoms with Gasteiger partial charge in [0.05, 0.1) is 23.3 Å². The van der Waals surface area contributed by atoms with Crippen LogP contribution >= 0.6 is 15.9 Å². The van der Waals surface area contributed by atoms with E-state index in [1.165, 1.54) is 0 Å². The second kappa shape index (κ2) is 9.24. The van der Waals surface area contributed by atoms with Crippen molar-refractivity contribution in [3.63, 3.8) is 0 Å². The minimum absolute atomic E-state index is 0.166. The largest absolute Gasteiger partial charge is 0.495 e. The van der Waals surface area contributed by atoms with Crippen LogP contribution in [0.15, 0.2) is 51.9 Å². The van der Waals surface area contributed by atoms with Gasteiger partial charge >= 0.3 is 6.09 Å². The average molecular weight is 445 g/mol. The van der Waals surface area contributed by atoms with E-state index < -0.39 is 6.09 Å².